The van der Waals surface area contributed by atoms with Crippen molar-refractivity contribution in [1.82, 2.24) is 0 Å². The summed E-state index contributed by atoms with van der Waals surface area (Å²) in [6.07, 6.45) is 0. The zero-order chi connectivity index (χ0) is 14.5. The molecule has 0 aromatic heterocycles. The topological polar surface area (TPSA) is 34.1 Å². The lowest BCUT2D eigenvalue weighted by atomic mass is 9.99. The highest BCUT2D eigenvalue weighted by molar-refractivity contribution is 8.13. The smallest absolute Gasteiger partial charge is 0.212 e. The molecule has 104 valence electrons. The van der Waals surface area contributed by atoms with Crippen LogP contribution in [0.25, 0.3) is 11.1 Å². The second-order valence-corrected chi connectivity index (χ2v) is 8.42. The molecular weight excluding hydrogens is 339 g/mol. The van der Waals surface area contributed by atoms with Crippen LogP contribution in [0.1, 0.15) is 17.0 Å². The van der Waals surface area contributed by atoms with E-state index < -0.39 is 9.05 Å². The average molecular weight is 348 g/mol. The van der Waals surface area contributed by atoms with E-state index >= 15 is 0 Å². The van der Waals surface area contributed by atoms with Gasteiger partial charge in [0.2, 0.25) is 9.05 Å². The third kappa shape index (κ3) is 2.56. The molecule has 2 aromatic carbocycles. The Morgan fingerprint density at radius 3 is 1.75 bits per heavy atom. The van der Waals surface area contributed by atoms with Crippen LogP contribution in [0, 0.1) is 0 Å². The van der Waals surface area contributed by atoms with E-state index in [1.54, 1.807) is 24.3 Å². The Balaban J connectivity index is 2.24. The van der Waals surface area contributed by atoms with Crippen molar-refractivity contribution in [3.63, 3.8) is 0 Å². The van der Waals surface area contributed by atoms with E-state index in [2.05, 4.69) is 0 Å². The van der Waals surface area contributed by atoms with Crippen molar-refractivity contribution in [2.24, 2.45) is 0 Å². The van der Waals surface area contributed by atoms with Crippen LogP contribution in [0.4, 0.5) is 0 Å². The predicted molar refractivity (Wildman–Crippen MR) is 83.4 cm³/mol. The minimum Gasteiger partial charge on any atom is -0.212 e. The van der Waals surface area contributed by atoms with Gasteiger partial charge in [0, 0.05) is 26.6 Å². The van der Waals surface area contributed by atoms with Crippen molar-refractivity contribution in [2.75, 3.05) is 5.75 Å². The average Bonchev–Trinajstić information content (AvgIpc) is 2.61. The van der Waals surface area contributed by atoms with Crippen molar-refractivity contribution < 1.29 is 8.42 Å². The summed E-state index contributed by atoms with van der Waals surface area (Å²) in [5.41, 5.74) is 3.70. The molecule has 0 spiro atoms. The summed E-state index contributed by atoms with van der Waals surface area (Å²) >= 11 is 12.1. The van der Waals surface area contributed by atoms with Gasteiger partial charge in [-0.1, -0.05) is 35.3 Å². The Bertz CT molecular complexity index is 749. The molecule has 0 radical (unpaired) electrons. The molecule has 0 fully saturated rings. The molecule has 0 atom stereocenters. The Hall–Kier alpha value is -0.740. The van der Waals surface area contributed by atoms with Crippen LogP contribution in [0.3, 0.4) is 0 Å². The molecule has 0 unspecified atom stereocenters. The molecule has 0 bridgehead atoms. The molecule has 3 rings (SSSR count). The maximum Gasteiger partial charge on any atom is 0.233 e. The van der Waals surface area contributed by atoms with Gasteiger partial charge in [-0.3, -0.25) is 0 Å². The molecule has 0 heterocycles. The normalized spacial score (nSPS) is 14.2. The van der Waals surface area contributed by atoms with Crippen LogP contribution < -0.4 is 0 Å². The molecule has 2 aromatic rings. The quantitative estimate of drug-likeness (QED) is 0.740. The van der Waals surface area contributed by atoms with Gasteiger partial charge in [0.05, 0.1) is 5.75 Å². The molecule has 1 aliphatic rings. The highest BCUT2D eigenvalue weighted by Crippen LogP contribution is 2.47. The van der Waals surface area contributed by atoms with Gasteiger partial charge < -0.3 is 0 Å². The summed E-state index contributed by atoms with van der Waals surface area (Å²) in [6, 6.07) is 10.9. The van der Waals surface area contributed by atoms with Crippen molar-refractivity contribution >= 4 is 42.9 Å². The molecule has 0 aliphatic heterocycles. The highest BCUT2D eigenvalue weighted by atomic mass is 35.7. The number of benzene rings is 2. The lowest BCUT2D eigenvalue weighted by Crippen LogP contribution is -2.09. The number of halogens is 3. The minimum atomic E-state index is -3.63. The van der Waals surface area contributed by atoms with Crippen molar-refractivity contribution in [1.29, 1.82) is 0 Å². The van der Waals surface area contributed by atoms with Crippen LogP contribution in [-0.4, -0.2) is 14.2 Å². The monoisotopic (exact) mass is 346 g/mol. The lowest BCUT2D eigenvalue weighted by molar-refractivity contribution is 0.606. The number of rotatable bonds is 2. The van der Waals surface area contributed by atoms with E-state index in [0.717, 1.165) is 22.3 Å². The summed E-state index contributed by atoms with van der Waals surface area (Å²) in [5, 5.41) is 1.14. The van der Waals surface area contributed by atoms with Crippen LogP contribution in [-0.2, 0) is 9.05 Å². The van der Waals surface area contributed by atoms with E-state index in [1.807, 2.05) is 12.1 Å². The largest absolute Gasteiger partial charge is 0.233 e. The second-order valence-electron chi connectivity index (χ2n) is 4.72. The Morgan fingerprint density at radius 1 is 0.900 bits per heavy atom. The predicted octanol–water partition coefficient (Wildman–Crippen LogP) is 4.67. The fraction of sp³-hybridized carbons (Fsp3) is 0.143. The molecule has 0 saturated heterocycles. The highest BCUT2D eigenvalue weighted by Gasteiger charge is 2.32. The summed E-state index contributed by atoms with van der Waals surface area (Å²) in [7, 11) is 1.80. The first-order valence-corrected chi connectivity index (χ1v) is 9.10. The van der Waals surface area contributed by atoms with Gasteiger partial charge in [0.25, 0.3) is 0 Å². The van der Waals surface area contributed by atoms with Crippen molar-refractivity contribution in [3.8, 4) is 11.1 Å². The zero-order valence-corrected chi connectivity index (χ0v) is 13.2. The Morgan fingerprint density at radius 2 is 1.35 bits per heavy atom. The summed E-state index contributed by atoms with van der Waals surface area (Å²) < 4.78 is 23.0. The molecular formula is C14H9Cl3O2S. The van der Waals surface area contributed by atoms with Crippen molar-refractivity contribution in [2.45, 2.75) is 5.92 Å². The third-order valence-corrected chi connectivity index (χ3v) is 5.01. The van der Waals surface area contributed by atoms with E-state index in [-0.39, 0.29) is 11.7 Å². The summed E-state index contributed by atoms with van der Waals surface area (Å²) in [6.45, 7) is 0. The molecule has 0 N–H and O–H groups in total. The Labute approximate surface area is 131 Å². The van der Waals surface area contributed by atoms with E-state index in [0.29, 0.717) is 10.0 Å². The zero-order valence-electron chi connectivity index (χ0n) is 10.1. The van der Waals surface area contributed by atoms with Gasteiger partial charge >= 0.3 is 0 Å². The van der Waals surface area contributed by atoms with Gasteiger partial charge in [0.1, 0.15) is 0 Å². The van der Waals surface area contributed by atoms with E-state index in [4.69, 9.17) is 33.9 Å². The standard InChI is InChI=1S/C14H9Cl3O2S/c15-8-1-3-10-11-4-2-9(16)6-13(11)14(12(10)5-8)7-20(17,18)19/h1-6,14H,7H2. The molecule has 6 heteroatoms. The van der Waals surface area contributed by atoms with Gasteiger partial charge in [-0.25, -0.2) is 8.42 Å². The first-order valence-electron chi connectivity index (χ1n) is 5.87. The minimum absolute atomic E-state index is 0.171. The maximum absolute atomic E-state index is 11.5. The van der Waals surface area contributed by atoms with Crippen LogP contribution >= 0.6 is 33.9 Å². The second kappa shape index (κ2) is 4.92. The number of fused-ring (bicyclic) bond motifs is 3. The van der Waals surface area contributed by atoms with Gasteiger partial charge in [-0.05, 0) is 46.5 Å². The van der Waals surface area contributed by atoms with E-state index in [9.17, 15) is 8.42 Å². The van der Waals surface area contributed by atoms with Gasteiger partial charge in [-0.15, -0.1) is 0 Å². The third-order valence-electron chi connectivity index (χ3n) is 3.43. The van der Waals surface area contributed by atoms with Gasteiger partial charge in [0.15, 0.2) is 0 Å². The fourth-order valence-electron chi connectivity index (χ4n) is 2.68. The fourth-order valence-corrected chi connectivity index (χ4v) is 4.18. The molecule has 1 aliphatic carbocycles. The maximum atomic E-state index is 11.5. The first-order chi connectivity index (χ1) is 9.35. The van der Waals surface area contributed by atoms with Crippen LogP contribution in [0.2, 0.25) is 10.0 Å². The van der Waals surface area contributed by atoms with Gasteiger partial charge in [-0.2, -0.15) is 0 Å². The first kappa shape index (κ1) is 14.2. The van der Waals surface area contributed by atoms with Crippen LogP contribution in [0.5, 0.6) is 0 Å². The SMILES string of the molecule is O=S(=O)(Cl)CC1c2cc(Cl)ccc2-c2ccc(Cl)cc21. The van der Waals surface area contributed by atoms with E-state index in [1.165, 1.54) is 0 Å². The molecule has 0 amide bonds. The molecule has 20 heavy (non-hydrogen) atoms. The Kier molecular flexibility index (Phi) is 3.49. The molecule has 2 nitrogen and oxygen atoms in total. The molecule has 0 saturated carbocycles. The van der Waals surface area contributed by atoms with Crippen LogP contribution in [0.15, 0.2) is 36.4 Å². The lowest BCUT2D eigenvalue weighted by Gasteiger charge is -2.11. The number of hydrogen-bond donors (Lipinski definition) is 0. The van der Waals surface area contributed by atoms with Crippen molar-refractivity contribution in [3.05, 3.63) is 57.6 Å². The number of hydrogen-bond acceptors (Lipinski definition) is 2. The summed E-state index contributed by atoms with van der Waals surface area (Å²) in [4.78, 5) is 0. The summed E-state index contributed by atoms with van der Waals surface area (Å²) in [5.74, 6) is -0.505.